The first-order chi connectivity index (χ1) is 8.92. The smallest absolute Gasteiger partial charge is 0.332 e. The molecular weight excluding hydrogens is 266 g/mol. The van der Waals surface area contributed by atoms with E-state index in [1.165, 1.54) is 36.9 Å². The van der Waals surface area contributed by atoms with Crippen LogP contribution in [0.2, 0.25) is 0 Å². The van der Waals surface area contributed by atoms with Gasteiger partial charge in [0.15, 0.2) is 5.54 Å². The molecule has 0 bridgehead atoms. The Hall–Kier alpha value is -1.69. The molecule has 0 unspecified atom stereocenters. The van der Waals surface area contributed by atoms with Crippen molar-refractivity contribution in [2.45, 2.75) is 26.3 Å². The topological polar surface area (TPSA) is 90.1 Å². The number of rotatable bonds is 2. The number of nitrogens with zero attached hydrogens (tertiary/aromatic N) is 1. The second-order valence-electron chi connectivity index (χ2n) is 3.99. The summed E-state index contributed by atoms with van der Waals surface area (Å²) in [5.41, 5.74) is -0.706. The molecule has 1 aliphatic rings. The SMILES string of the molecule is CC.C[C@]1(C(=O)O)CSC(c2ccc(O)cc2O)=N1. The van der Waals surface area contributed by atoms with Crippen molar-refractivity contribution in [2.24, 2.45) is 4.99 Å². The number of carboxylic acid groups (broad SMARTS) is 1. The maximum atomic E-state index is 11.0. The van der Waals surface area contributed by atoms with Gasteiger partial charge in [-0.3, -0.25) is 4.99 Å². The first kappa shape index (κ1) is 15.4. The second-order valence-corrected chi connectivity index (χ2v) is 4.95. The van der Waals surface area contributed by atoms with Gasteiger partial charge in [-0.05, 0) is 19.1 Å². The van der Waals surface area contributed by atoms with E-state index in [1.807, 2.05) is 13.8 Å². The Labute approximate surface area is 116 Å². The van der Waals surface area contributed by atoms with E-state index in [4.69, 9.17) is 5.11 Å². The largest absolute Gasteiger partial charge is 0.508 e. The number of phenols is 2. The molecule has 1 aliphatic heterocycles. The van der Waals surface area contributed by atoms with Crippen LogP contribution in [0.5, 0.6) is 11.5 Å². The molecule has 1 heterocycles. The molecular formula is C13H17NO4S. The number of aromatic hydroxyl groups is 2. The highest BCUT2D eigenvalue weighted by Gasteiger charge is 2.38. The summed E-state index contributed by atoms with van der Waals surface area (Å²) in [6.07, 6.45) is 0. The van der Waals surface area contributed by atoms with Gasteiger partial charge in [0.1, 0.15) is 16.5 Å². The molecule has 0 aliphatic carbocycles. The third-order valence-corrected chi connectivity index (χ3v) is 3.80. The molecule has 6 heteroatoms. The summed E-state index contributed by atoms with van der Waals surface area (Å²) >= 11 is 1.28. The van der Waals surface area contributed by atoms with E-state index < -0.39 is 11.5 Å². The molecule has 0 radical (unpaired) electrons. The standard InChI is InChI=1S/C11H11NO4S.C2H6/c1-11(10(15)16)5-17-9(12-11)7-3-2-6(13)4-8(7)14;1-2/h2-4,13-14H,5H2,1H3,(H,15,16);1-2H3/t11-;/m1./s1. The van der Waals surface area contributed by atoms with Crippen LogP contribution in [0.15, 0.2) is 23.2 Å². The molecule has 5 nitrogen and oxygen atoms in total. The highest BCUT2D eigenvalue weighted by atomic mass is 32.2. The Bertz CT molecular complexity index is 515. The summed E-state index contributed by atoms with van der Waals surface area (Å²) in [5, 5.41) is 28.3. The molecule has 0 aromatic heterocycles. The van der Waals surface area contributed by atoms with Crippen LogP contribution in [0.1, 0.15) is 26.3 Å². The zero-order valence-electron chi connectivity index (χ0n) is 11.0. The molecule has 0 fully saturated rings. The average Bonchev–Trinajstić information content (AvgIpc) is 2.76. The molecule has 0 amide bonds. The van der Waals surface area contributed by atoms with Crippen LogP contribution in [0, 0.1) is 0 Å². The van der Waals surface area contributed by atoms with Crippen LogP contribution in [-0.2, 0) is 4.79 Å². The molecule has 104 valence electrons. The molecule has 0 saturated carbocycles. The predicted molar refractivity (Wildman–Crippen MR) is 76.2 cm³/mol. The lowest BCUT2D eigenvalue weighted by molar-refractivity contribution is -0.141. The number of thioether (sulfide) groups is 1. The van der Waals surface area contributed by atoms with Crippen LogP contribution in [0.3, 0.4) is 0 Å². The highest BCUT2D eigenvalue weighted by molar-refractivity contribution is 8.14. The van der Waals surface area contributed by atoms with E-state index >= 15 is 0 Å². The number of aliphatic imine (C=N–C) groups is 1. The van der Waals surface area contributed by atoms with Gasteiger partial charge < -0.3 is 15.3 Å². The van der Waals surface area contributed by atoms with Gasteiger partial charge >= 0.3 is 5.97 Å². The molecule has 0 saturated heterocycles. The van der Waals surface area contributed by atoms with Gasteiger partial charge in [-0.25, -0.2) is 4.79 Å². The normalized spacial score (nSPS) is 21.3. The summed E-state index contributed by atoms with van der Waals surface area (Å²) < 4.78 is 0. The zero-order valence-corrected chi connectivity index (χ0v) is 11.9. The van der Waals surface area contributed by atoms with Crippen molar-refractivity contribution in [1.82, 2.24) is 0 Å². The number of benzene rings is 1. The Morgan fingerprint density at radius 1 is 1.37 bits per heavy atom. The zero-order chi connectivity index (χ0) is 14.6. The van der Waals surface area contributed by atoms with Gasteiger partial charge in [0.2, 0.25) is 0 Å². The van der Waals surface area contributed by atoms with Crippen molar-refractivity contribution in [2.75, 3.05) is 5.75 Å². The van der Waals surface area contributed by atoms with Crippen molar-refractivity contribution in [3.05, 3.63) is 23.8 Å². The summed E-state index contributed by atoms with van der Waals surface area (Å²) in [7, 11) is 0. The van der Waals surface area contributed by atoms with Crippen LogP contribution in [0.25, 0.3) is 0 Å². The monoisotopic (exact) mass is 283 g/mol. The van der Waals surface area contributed by atoms with Gasteiger partial charge in [-0.15, -0.1) is 11.8 Å². The maximum absolute atomic E-state index is 11.0. The van der Waals surface area contributed by atoms with Crippen molar-refractivity contribution in [1.29, 1.82) is 0 Å². The number of carbonyl (C=O) groups is 1. The van der Waals surface area contributed by atoms with Crippen molar-refractivity contribution in [3.63, 3.8) is 0 Å². The van der Waals surface area contributed by atoms with Crippen molar-refractivity contribution < 1.29 is 20.1 Å². The Morgan fingerprint density at radius 2 is 2.00 bits per heavy atom. The van der Waals surface area contributed by atoms with Gasteiger partial charge in [-0.2, -0.15) is 0 Å². The van der Waals surface area contributed by atoms with E-state index in [2.05, 4.69) is 4.99 Å². The second kappa shape index (κ2) is 5.97. The summed E-state index contributed by atoms with van der Waals surface area (Å²) in [4.78, 5) is 15.1. The maximum Gasteiger partial charge on any atom is 0.332 e. The number of phenolic OH excluding ortho intramolecular Hbond substituents is 2. The van der Waals surface area contributed by atoms with E-state index in [1.54, 1.807) is 0 Å². The van der Waals surface area contributed by atoms with Crippen LogP contribution in [-0.4, -0.2) is 37.6 Å². The first-order valence-electron chi connectivity index (χ1n) is 5.91. The van der Waals surface area contributed by atoms with Gasteiger partial charge in [0, 0.05) is 17.4 Å². The minimum absolute atomic E-state index is 0.0455. The lowest BCUT2D eigenvalue weighted by Crippen LogP contribution is -2.33. The summed E-state index contributed by atoms with van der Waals surface area (Å²) in [5.74, 6) is -0.808. The van der Waals surface area contributed by atoms with Crippen molar-refractivity contribution in [3.8, 4) is 11.5 Å². The van der Waals surface area contributed by atoms with E-state index in [0.29, 0.717) is 16.4 Å². The van der Waals surface area contributed by atoms with Crippen LogP contribution >= 0.6 is 11.8 Å². The quantitative estimate of drug-likeness (QED) is 0.775. The minimum Gasteiger partial charge on any atom is -0.508 e. The fourth-order valence-electron chi connectivity index (χ4n) is 1.45. The molecule has 0 spiro atoms. The van der Waals surface area contributed by atoms with Gasteiger partial charge in [0.25, 0.3) is 0 Å². The molecule has 1 aromatic carbocycles. The van der Waals surface area contributed by atoms with Crippen molar-refractivity contribution >= 4 is 22.8 Å². The van der Waals surface area contributed by atoms with Crippen LogP contribution in [0.4, 0.5) is 0 Å². The predicted octanol–water partition coefficient (Wildman–Crippen LogP) is 2.46. The Morgan fingerprint density at radius 3 is 2.47 bits per heavy atom. The number of hydrogen-bond donors (Lipinski definition) is 3. The average molecular weight is 283 g/mol. The summed E-state index contributed by atoms with van der Waals surface area (Å²) in [6.45, 7) is 5.53. The van der Waals surface area contributed by atoms with Gasteiger partial charge in [0.05, 0.1) is 0 Å². The first-order valence-corrected chi connectivity index (χ1v) is 6.89. The minimum atomic E-state index is -1.15. The number of carboxylic acids is 1. The highest BCUT2D eigenvalue weighted by Crippen LogP contribution is 2.35. The van der Waals surface area contributed by atoms with Crippen LogP contribution < -0.4 is 0 Å². The molecule has 1 aromatic rings. The molecule has 1 atom stereocenters. The lowest BCUT2D eigenvalue weighted by atomic mass is 10.1. The lowest BCUT2D eigenvalue weighted by Gasteiger charge is -2.11. The Kier molecular flexibility index (Phi) is 4.83. The van der Waals surface area contributed by atoms with E-state index in [9.17, 15) is 15.0 Å². The molecule has 3 N–H and O–H groups in total. The third-order valence-electron chi connectivity index (χ3n) is 2.51. The number of aliphatic carboxylic acids is 1. The molecule has 2 rings (SSSR count). The fraction of sp³-hybridized carbons (Fsp3) is 0.385. The fourth-order valence-corrected chi connectivity index (χ4v) is 2.65. The van der Waals surface area contributed by atoms with E-state index in [0.717, 1.165) is 0 Å². The van der Waals surface area contributed by atoms with Gasteiger partial charge in [-0.1, -0.05) is 13.8 Å². The molecule has 19 heavy (non-hydrogen) atoms. The summed E-state index contributed by atoms with van der Waals surface area (Å²) in [6, 6.07) is 4.15. The van der Waals surface area contributed by atoms with E-state index in [-0.39, 0.29) is 11.5 Å². The third kappa shape index (κ3) is 3.20. The Balaban J connectivity index is 0.000000861. The number of hydrogen-bond acceptors (Lipinski definition) is 5.